The van der Waals surface area contributed by atoms with Gasteiger partial charge >= 0.3 is 5.97 Å². The highest BCUT2D eigenvalue weighted by Gasteiger charge is 2.12. The second kappa shape index (κ2) is 5.57. The molecule has 1 aromatic heterocycles. The Kier molecular flexibility index (Phi) is 4.05. The molecular formula is C16H18O2S. The van der Waals surface area contributed by atoms with E-state index in [1.807, 2.05) is 19.1 Å². The molecule has 0 aliphatic heterocycles. The summed E-state index contributed by atoms with van der Waals surface area (Å²) >= 11 is 1.35. The zero-order valence-electron chi connectivity index (χ0n) is 11.4. The number of carboxylic acid groups (broad SMARTS) is 1. The van der Waals surface area contributed by atoms with Crippen molar-refractivity contribution in [1.29, 1.82) is 0 Å². The third kappa shape index (κ3) is 3.24. The average Bonchev–Trinajstić information content (AvgIpc) is 2.71. The molecule has 100 valence electrons. The number of hydrogen-bond donors (Lipinski definition) is 1. The molecule has 2 aromatic rings. The topological polar surface area (TPSA) is 37.3 Å². The standard InChI is InChI=1S/C16H18O2S/c1-10(2)7-12-5-4-6-13(9-12)15-11(3)8-14(19-15)16(17)18/h4-6,8-10H,7H2,1-3H3,(H,17,18). The highest BCUT2D eigenvalue weighted by molar-refractivity contribution is 7.17. The molecule has 0 fully saturated rings. The summed E-state index contributed by atoms with van der Waals surface area (Å²) in [6.45, 7) is 6.37. The van der Waals surface area contributed by atoms with Crippen molar-refractivity contribution in [3.8, 4) is 10.4 Å². The van der Waals surface area contributed by atoms with Crippen LogP contribution in [0.2, 0.25) is 0 Å². The number of carbonyl (C=O) groups is 1. The minimum Gasteiger partial charge on any atom is -0.477 e. The van der Waals surface area contributed by atoms with Gasteiger partial charge in [0, 0.05) is 4.88 Å². The first-order valence-electron chi connectivity index (χ1n) is 6.40. The van der Waals surface area contributed by atoms with Gasteiger partial charge < -0.3 is 5.11 Å². The third-order valence-electron chi connectivity index (χ3n) is 2.96. The summed E-state index contributed by atoms with van der Waals surface area (Å²) in [4.78, 5) is 12.5. The van der Waals surface area contributed by atoms with Gasteiger partial charge in [-0.25, -0.2) is 4.79 Å². The molecule has 0 spiro atoms. The molecular weight excluding hydrogens is 256 g/mol. The first-order valence-corrected chi connectivity index (χ1v) is 7.22. The largest absolute Gasteiger partial charge is 0.477 e. The van der Waals surface area contributed by atoms with Crippen molar-refractivity contribution in [3.05, 3.63) is 46.3 Å². The molecule has 2 nitrogen and oxygen atoms in total. The zero-order valence-corrected chi connectivity index (χ0v) is 12.3. The molecule has 0 unspecified atom stereocenters. The van der Waals surface area contributed by atoms with Crippen LogP contribution in [-0.2, 0) is 6.42 Å². The van der Waals surface area contributed by atoms with Crippen LogP contribution < -0.4 is 0 Å². The first kappa shape index (κ1) is 13.8. The van der Waals surface area contributed by atoms with Crippen LogP contribution in [0.1, 0.15) is 34.6 Å². The first-order chi connectivity index (χ1) is 8.97. The van der Waals surface area contributed by atoms with E-state index in [-0.39, 0.29) is 0 Å². The fourth-order valence-electron chi connectivity index (χ4n) is 2.19. The van der Waals surface area contributed by atoms with Crippen LogP contribution in [0.5, 0.6) is 0 Å². The predicted octanol–water partition coefficient (Wildman–Crippen LogP) is 4.62. The monoisotopic (exact) mass is 274 g/mol. The summed E-state index contributed by atoms with van der Waals surface area (Å²) in [5.41, 5.74) is 3.45. The maximum atomic E-state index is 11.0. The predicted molar refractivity (Wildman–Crippen MR) is 80.0 cm³/mol. The van der Waals surface area contributed by atoms with Crippen molar-refractivity contribution in [1.82, 2.24) is 0 Å². The maximum absolute atomic E-state index is 11.0. The molecule has 2 rings (SSSR count). The summed E-state index contributed by atoms with van der Waals surface area (Å²) in [5, 5.41) is 9.05. The number of rotatable bonds is 4. The van der Waals surface area contributed by atoms with Crippen molar-refractivity contribution >= 4 is 17.3 Å². The molecule has 0 amide bonds. The van der Waals surface area contributed by atoms with Gasteiger partial charge in [0.15, 0.2) is 0 Å². The quantitative estimate of drug-likeness (QED) is 0.883. The van der Waals surface area contributed by atoms with Crippen LogP contribution in [0.25, 0.3) is 10.4 Å². The molecule has 0 radical (unpaired) electrons. The van der Waals surface area contributed by atoms with E-state index in [9.17, 15) is 4.79 Å². The Morgan fingerprint density at radius 2 is 2.05 bits per heavy atom. The van der Waals surface area contributed by atoms with Gasteiger partial charge in [0.25, 0.3) is 0 Å². The van der Waals surface area contributed by atoms with Crippen LogP contribution in [0, 0.1) is 12.8 Å². The van der Waals surface area contributed by atoms with Crippen molar-refractivity contribution in [2.24, 2.45) is 5.92 Å². The van der Waals surface area contributed by atoms with Gasteiger partial charge in [-0.2, -0.15) is 0 Å². The van der Waals surface area contributed by atoms with Crippen molar-refractivity contribution in [2.75, 3.05) is 0 Å². The van der Waals surface area contributed by atoms with Crippen LogP contribution >= 0.6 is 11.3 Å². The van der Waals surface area contributed by atoms with E-state index in [0.717, 1.165) is 22.4 Å². The van der Waals surface area contributed by atoms with Crippen LogP contribution in [0.4, 0.5) is 0 Å². The second-order valence-corrected chi connectivity index (χ2v) is 6.28. The van der Waals surface area contributed by atoms with Gasteiger partial charge in [-0.15, -0.1) is 11.3 Å². The molecule has 1 N–H and O–H groups in total. The molecule has 3 heteroatoms. The van der Waals surface area contributed by atoms with Crippen LogP contribution in [0.15, 0.2) is 30.3 Å². The van der Waals surface area contributed by atoms with Crippen molar-refractivity contribution in [3.63, 3.8) is 0 Å². The highest BCUT2D eigenvalue weighted by atomic mass is 32.1. The van der Waals surface area contributed by atoms with E-state index >= 15 is 0 Å². The molecule has 0 saturated heterocycles. The van der Waals surface area contributed by atoms with E-state index in [2.05, 4.69) is 26.0 Å². The van der Waals surface area contributed by atoms with Crippen LogP contribution in [0.3, 0.4) is 0 Å². The number of hydrogen-bond acceptors (Lipinski definition) is 2. The Balaban J connectivity index is 2.38. The molecule has 0 bridgehead atoms. The SMILES string of the molecule is Cc1cc(C(=O)O)sc1-c1cccc(CC(C)C)c1. The molecule has 0 atom stereocenters. The lowest BCUT2D eigenvalue weighted by atomic mass is 10.00. The Morgan fingerprint density at radius 3 is 2.63 bits per heavy atom. The Bertz CT molecular complexity index is 597. The summed E-state index contributed by atoms with van der Waals surface area (Å²) in [5.74, 6) is -0.230. The fourth-order valence-corrected chi connectivity index (χ4v) is 3.19. The molecule has 1 aromatic carbocycles. The van der Waals surface area contributed by atoms with Crippen molar-refractivity contribution < 1.29 is 9.90 Å². The summed E-state index contributed by atoms with van der Waals surface area (Å²) in [6, 6.07) is 10.1. The Morgan fingerprint density at radius 1 is 1.32 bits per heavy atom. The minimum atomic E-state index is -0.849. The number of benzene rings is 1. The Hall–Kier alpha value is -1.61. The Labute approximate surface area is 117 Å². The lowest BCUT2D eigenvalue weighted by Gasteiger charge is -2.07. The normalized spacial score (nSPS) is 10.9. The molecule has 0 aliphatic carbocycles. The second-order valence-electron chi connectivity index (χ2n) is 5.23. The van der Waals surface area contributed by atoms with Gasteiger partial charge in [-0.3, -0.25) is 0 Å². The van der Waals surface area contributed by atoms with E-state index in [1.165, 1.54) is 16.9 Å². The average molecular weight is 274 g/mol. The molecule has 0 aliphatic rings. The van der Waals surface area contributed by atoms with Gasteiger partial charge in [-0.1, -0.05) is 38.1 Å². The van der Waals surface area contributed by atoms with E-state index < -0.39 is 5.97 Å². The smallest absolute Gasteiger partial charge is 0.345 e. The fraction of sp³-hybridized carbons (Fsp3) is 0.312. The number of carboxylic acids is 1. The summed E-state index contributed by atoms with van der Waals surface area (Å²) in [7, 11) is 0. The van der Waals surface area contributed by atoms with Gasteiger partial charge in [0.1, 0.15) is 4.88 Å². The lowest BCUT2D eigenvalue weighted by Crippen LogP contribution is -1.93. The van der Waals surface area contributed by atoms with Gasteiger partial charge in [0.05, 0.1) is 0 Å². The van der Waals surface area contributed by atoms with E-state index in [1.54, 1.807) is 6.07 Å². The maximum Gasteiger partial charge on any atom is 0.345 e. The molecule has 0 saturated carbocycles. The van der Waals surface area contributed by atoms with Crippen LogP contribution in [-0.4, -0.2) is 11.1 Å². The highest BCUT2D eigenvalue weighted by Crippen LogP contribution is 2.33. The number of aromatic carboxylic acids is 1. The van der Waals surface area contributed by atoms with E-state index in [4.69, 9.17) is 5.11 Å². The molecule has 1 heterocycles. The number of thiophene rings is 1. The minimum absolute atomic E-state index is 0.404. The molecule has 19 heavy (non-hydrogen) atoms. The van der Waals surface area contributed by atoms with Gasteiger partial charge in [-0.05, 0) is 42.0 Å². The summed E-state index contributed by atoms with van der Waals surface area (Å²) < 4.78 is 0. The zero-order chi connectivity index (χ0) is 14.0. The third-order valence-corrected chi connectivity index (χ3v) is 4.24. The lowest BCUT2D eigenvalue weighted by molar-refractivity contribution is 0.0702. The summed E-state index contributed by atoms with van der Waals surface area (Å²) in [6.07, 6.45) is 1.05. The van der Waals surface area contributed by atoms with Crippen molar-refractivity contribution in [2.45, 2.75) is 27.2 Å². The van der Waals surface area contributed by atoms with E-state index in [0.29, 0.717) is 10.8 Å². The van der Waals surface area contributed by atoms with Gasteiger partial charge in [0.2, 0.25) is 0 Å². The number of aryl methyl sites for hydroxylation is 1.